The summed E-state index contributed by atoms with van der Waals surface area (Å²) in [6, 6.07) is 11.9. The summed E-state index contributed by atoms with van der Waals surface area (Å²) < 4.78 is 6.47. The van der Waals surface area contributed by atoms with Gasteiger partial charge in [0.25, 0.3) is 5.91 Å². The molecule has 0 unspecified atom stereocenters. The van der Waals surface area contributed by atoms with Crippen molar-refractivity contribution >= 4 is 40.2 Å². The molecule has 6 heteroatoms. The smallest absolute Gasteiger partial charge is 0.335 e. The van der Waals surface area contributed by atoms with E-state index in [1.54, 1.807) is 25.1 Å². The molecule has 1 amide bonds. The second kappa shape index (κ2) is 7.26. The number of rotatable bonds is 5. The Hall–Kier alpha value is -2.09. The molecule has 0 radical (unpaired) electrons. The van der Waals surface area contributed by atoms with Gasteiger partial charge in [0.1, 0.15) is 5.75 Å². The number of carbonyl (C=O) groups excluding carboxylic acids is 1. The number of aryl methyl sites for hydroxylation is 1. The molecule has 0 saturated heterocycles. The number of hydrogen-bond donors (Lipinski definition) is 2. The largest absolute Gasteiger partial charge is 0.484 e. The van der Waals surface area contributed by atoms with Crippen LogP contribution in [0, 0.1) is 10.5 Å². The average Bonchev–Trinajstić information content (AvgIpc) is 2.48. The van der Waals surface area contributed by atoms with E-state index in [1.807, 2.05) is 12.1 Å². The number of halogens is 1. The predicted octanol–water partition coefficient (Wildman–Crippen LogP) is 3.32. The summed E-state index contributed by atoms with van der Waals surface area (Å²) >= 11 is 2.19. The van der Waals surface area contributed by atoms with E-state index in [9.17, 15) is 9.59 Å². The van der Waals surface area contributed by atoms with Crippen LogP contribution in [0.4, 0.5) is 5.69 Å². The Kier molecular flexibility index (Phi) is 5.37. The van der Waals surface area contributed by atoms with Crippen LogP contribution < -0.4 is 10.1 Å². The number of amides is 1. The van der Waals surface area contributed by atoms with Gasteiger partial charge in [0.2, 0.25) is 0 Å². The Balaban J connectivity index is 1.94. The summed E-state index contributed by atoms with van der Waals surface area (Å²) in [5.41, 5.74) is 1.44. The van der Waals surface area contributed by atoms with Crippen molar-refractivity contribution in [1.82, 2.24) is 0 Å². The van der Waals surface area contributed by atoms with Crippen molar-refractivity contribution in [3.63, 3.8) is 0 Å². The van der Waals surface area contributed by atoms with Crippen LogP contribution in [0.1, 0.15) is 15.9 Å². The maximum atomic E-state index is 11.9. The fraction of sp³-hybridized carbons (Fsp3) is 0.125. The van der Waals surface area contributed by atoms with Gasteiger partial charge in [-0.15, -0.1) is 0 Å². The molecule has 0 aliphatic heterocycles. The summed E-state index contributed by atoms with van der Waals surface area (Å²) in [5.74, 6) is -0.679. The number of carboxylic acid groups (broad SMARTS) is 1. The van der Waals surface area contributed by atoms with Gasteiger partial charge in [-0.1, -0.05) is 0 Å². The summed E-state index contributed by atoms with van der Waals surface area (Å²) in [6.07, 6.45) is 0. The zero-order valence-corrected chi connectivity index (χ0v) is 14.0. The van der Waals surface area contributed by atoms with Gasteiger partial charge in [0.15, 0.2) is 6.61 Å². The lowest BCUT2D eigenvalue weighted by atomic mass is 10.1. The van der Waals surface area contributed by atoms with Gasteiger partial charge in [-0.3, -0.25) is 4.79 Å². The fourth-order valence-corrected chi connectivity index (χ4v) is 2.16. The lowest BCUT2D eigenvalue weighted by Gasteiger charge is -2.10. The van der Waals surface area contributed by atoms with Crippen molar-refractivity contribution in [3.8, 4) is 5.75 Å². The second-order valence-electron chi connectivity index (χ2n) is 4.63. The van der Waals surface area contributed by atoms with Gasteiger partial charge < -0.3 is 15.2 Å². The molecule has 0 aromatic heterocycles. The van der Waals surface area contributed by atoms with Crippen LogP contribution in [-0.4, -0.2) is 23.6 Å². The molecule has 22 heavy (non-hydrogen) atoms. The number of ether oxygens (including phenoxy) is 1. The Bertz CT molecular complexity index is 698. The van der Waals surface area contributed by atoms with E-state index in [-0.39, 0.29) is 18.1 Å². The lowest BCUT2D eigenvalue weighted by Crippen LogP contribution is -2.20. The highest BCUT2D eigenvalue weighted by atomic mass is 127. The van der Waals surface area contributed by atoms with E-state index in [4.69, 9.17) is 9.84 Å². The van der Waals surface area contributed by atoms with Gasteiger partial charge in [0, 0.05) is 9.26 Å². The Morgan fingerprint density at radius 3 is 2.45 bits per heavy atom. The maximum absolute atomic E-state index is 11.9. The van der Waals surface area contributed by atoms with Crippen LogP contribution in [0.5, 0.6) is 5.75 Å². The van der Waals surface area contributed by atoms with Crippen LogP contribution >= 0.6 is 22.6 Å². The van der Waals surface area contributed by atoms with E-state index in [0.717, 1.165) is 3.57 Å². The number of anilines is 1. The van der Waals surface area contributed by atoms with E-state index >= 15 is 0 Å². The lowest BCUT2D eigenvalue weighted by molar-refractivity contribution is -0.118. The third kappa shape index (κ3) is 4.45. The number of carboxylic acids is 1. The third-order valence-electron chi connectivity index (χ3n) is 2.93. The molecule has 0 spiro atoms. The molecule has 114 valence electrons. The molecular formula is C16H14INO4. The second-order valence-corrected chi connectivity index (χ2v) is 5.87. The van der Waals surface area contributed by atoms with Gasteiger partial charge >= 0.3 is 5.97 Å². The molecule has 5 nitrogen and oxygen atoms in total. The fourth-order valence-electron chi connectivity index (χ4n) is 1.80. The molecule has 2 rings (SSSR count). The third-order valence-corrected chi connectivity index (χ3v) is 3.65. The summed E-state index contributed by atoms with van der Waals surface area (Å²) in [6.45, 7) is 1.63. The van der Waals surface area contributed by atoms with Crippen LogP contribution in [0.15, 0.2) is 42.5 Å². The van der Waals surface area contributed by atoms with Crippen molar-refractivity contribution in [2.75, 3.05) is 11.9 Å². The molecule has 0 atom stereocenters. The SMILES string of the molecule is Cc1cc(C(=O)O)ccc1NC(=O)COc1ccc(I)cc1. The molecular weight excluding hydrogens is 397 g/mol. The number of aromatic carboxylic acids is 1. The van der Waals surface area contributed by atoms with Gasteiger partial charge in [-0.25, -0.2) is 4.79 Å². The van der Waals surface area contributed by atoms with Gasteiger partial charge in [0.05, 0.1) is 5.56 Å². The van der Waals surface area contributed by atoms with Crippen molar-refractivity contribution < 1.29 is 19.4 Å². The quantitative estimate of drug-likeness (QED) is 0.741. The van der Waals surface area contributed by atoms with Crippen molar-refractivity contribution in [2.24, 2.45) is 0 Å². The van der Waals surface area contributed by atoms with E-state index in [2.05, 4.69) is 27.9 Å². The number of hydrogen-bond acceptors (Lipinski definition) is 3. The molecule has 0 heterocycles. The molecule has 0 bridgehead atoms. The topological polar surface area (TPSA) is 75.6 Å². The number of carbonyl (C=O) groups is 2. The summed E-state index contributed by atoms with van der Waals surface area (Å²) in [7, 11) is 0. The van der Waals surface area contributed by atoms with Gasteiger partial charge in [-0.05, 0) is 77.5 Å². The molecule has 2 N–H and O–H groups in total. The first-order valence-corrected chi connectivity index (χ1v) is 7.56. The standard InChI is InChI=1S/C16H14INO4/c1-10-8-11(16(20)21)2-7-14(10)18-15(19)9-22-13-5-3-12(17)4-6-13/h2-8H,9H2,1H3,(H,18,19)(H,20,21). The first kappa shape index (κ1) is 16.3. The monoisotopic (exact) mass is 411 g/mol. The van der Waals surface area contributed by atoms with E-state index in [0.29, 0.717) is 17.0 Å². The van der Waals surface area contributed by atoms with Crippen molar-refractivity contribution in [3.05, 3.63) is 57.2 Å². The Morgan fingerprint density at radius 2 is 1.86 bits per heavy atom. The minimum absolute atomic E-state index is 0.110. The number of benzene rings is 2. The molecule has 2 aromatic carbocycles. The molecule has 0 fully saturated rings. The molecule has 0 saturated carbocycles. The van der Waals surface area contributed by atoms with Crippen molar-refractivity contribution in [1.29, 1.82) is 0 Å². The highest BCUT2D eigenvalue weighted by Gasteiger charge is 2.09. The predicted molar refractivity (Wildman–Crippen MR) is 91.4 cm³/mol. The summed E-state index contributed by atoms with van der Waals surface area (Å²) in [5, 5.41) is 11.6. The number of nitrogens with one attached hydrogen (secondary N) is 1. The average molecular weight is 411 g/mol. The first-order chi connectivity index (χ1) is 10.5. The zero-order valence-electron chi connectivity index (χ0n) is 11.8. The highest BCUT2D eigenvalue weighted by molar-refractivity contribution is 14.1. The summed E-state index contributed by atoms with van der Waals surface area (Å²) in [4.78, 5) is 22.7. The van der Waals surface area contributed by atoms with Crippen molar-refractivity contribution in [2.45, 2.75) is 6.92 Å². The van der Waals surface area contributed by atoms with Crippen LogP contribution in [-0.2, 0) is 4.79 Å². The Morgan fingerprint density at radius 1 is 1.18 bits per heavy atom. The van der Waals surface area contributed by atoms with E-state index in [1.165, 1.54) is 12.1 Å². The van der Waals surface area contributed by atoms with Crippen LogP contribution in [0.25, 0.3) is 0 Å². The van der Waals surface area contributed by atoms with Crippen LogP contribution in [0.2, 0.25) is 0 Å². The molecule has 0 aliphatic carbocycles. The minimum atomic E-state index is -0.997. The highest BCUT2D eigenvalue weighted by Crippen LogP contribution is 2.17. The molecule has 0 aliphatic rings. The maximum Gasteiger partial charge on any atom is 0.335 e. The molecule has 2 aromatic rings. The van der Waals surface area contributed by atoms with Gasteiger partial charge in [-0.2, -0.15) is 0 Å². The minimum Gasteiger partial charge on any atom is -0.484 e. The Labute approximate surface area is 141 Å². The van der Waals surface area contributed by atoms with E-state index < -0.39 is 5.97 Å². The first-order valence-electron chi connectivity index (χ1n) is 6.48. The zero-order chi connectivity index (χ0) is 16.1. The van der Waals surface area contributed by atoms with Crippen LogP contribution in [0.3, 0.4) is 0 Å². The normalized spacial score (nSPS) is 10.1.